The number of nitrogens with zero attached hydrogens (tertiary/aromatic N) is 2. The van der Waals surface area contributed by atoms with Crippen LogP contribution in [-0.2, 0) is 4.74 Å². The van der Waals surface area contributed by atoms with Crippen molar-refractivity contribution < 1.29 is 14.3 Å². The van der Waals surface area contributed by atoms with Crippen LogP contribution in [-0.4, -0.2) is 42.4 Å². The average molecular weight is 321 g/mol. The van der Waals surface area contributed by atoms with Crippen LogP contribution < -0.4 is 10.1 Å². The average Bonchev–Trinajstić information content (AvgIpc) is 3.04. The third kappa shape index (κ3) is 4.25. The summed E-state index contributed by atoms with van der Waals surface area (Å²) in [6.07, 6.45) is 0.778. The molecule has 1 aromatic carbocycles. The molecule has 2 rings (SSSR count). The number of hydrogen-bond donors (Lipinski definition) is 1. The topological polar surface area (TPSA) is 73.3 Å². The second kappa shape index (κ2) is 8.45. The SMILES string of the molecule is CCOCCCNC(=O)c1snnc1-c1cccc(OC)c1. The Bertz CT molecular complexity index is 616. The summed E-state index contributed by atoms with van der Waals surface area (Å²) in [7, 11) is 1.60. The molecule has 0 aliphatic rings. The number of hydrogen-bond acceptors (Lipinski definition) is 6. The standard InChI is InChI=1S/C15H19N3O3S/c1-3-21-9-5-8-16-15(19)14-13(17-18-22-14)11-6-4-7-12(10-11)20-2/h4,6-7,10H,3,5,8-9H2,1-2H3,(H,16,19). The molecule has 0 saturated carbocycles. The molecule has 2 aromatic rings. The summed E-state index contributed by atoms with van der Waals surface area (Å²) in [6.45, 7) is 3.84. The maximum Gasteiger partial charge on any atom is 0.265 e. The van der Waals surface area contributed by atoms with Gasteiger partial charge in [0.1, 0.15) is 16.3 Å². The van der Waals surface area contributed by atoms with E-state index in [1.165, 1.54) is 0 Å². The quantitative estimate of drug-likeness (QED) is 0.756. The van der Waals surface area contributed by atoms with Gasteiger partial charge in [-0.2, -0.15) is 0 Å². The Balaban J connectivity index is 2.03. The minimum absolute atomic E-state index is 0.163. The molecule has 6 nitrogen and oxygen atoms in total. The van der Waals surface area contributed by atoms with Crippen LogP contribution in [0.5, 0.6) is 5.75 Å². The molecule has 1 aromatic heterocycles. The lowest BCUT2D eigenvalue weighted by atomic mass is 10.1. The molecule has 0 bridgehead atoms. The van der Waals surface area contributed by atoms with Crippen molar-refractivity contribution in [3.63, 3.8) is 0 Å². The predicted octanol–water partition coefficient (Wildman–Crippen LogP) is 2.37. The molecule has 1 amide bonds. The second-order valence-electron chi connectivity index (χ2n) is 4.49. The van der Waals surface area contributed by atoms with E-state index < -0.39 is 0 Å². The number of amides is 1. The van der Waals surface area contributed by atoms with Gasteiger partial charge in [0.2, 0.25) is 0 Å². The molecule has 0 fully saturated rings. The summed E-state index contributed by atoms with van der Waals surface area (Å²) >= 11 is 1.09. The van der Waals surface area contributed by atoms with E-state index in [2.05, 4.69) is 14.9 Å². The molecule has 7 heteroatoms. The van der Waals surface area contributed by atoms with E-state index in [4.69, 9.17) is 9.47 Å². The first-order valence-electron chi connectivity index (χ1n) is 7.09. The molecule has 0 atom stereocenters. The van der Waals surface area contributed by atoms with Crippen LogP contribution in [0.15, 0.2) is 24.3 Å². The summed E-state index contributed by atoms with van der Waals surface area (Å²) in [5.74, 6) is 0.554. The highest BCUT2D eigenvalue weighted by atomic mass is 32.1. The minimum Gasteiger partial charge on any atom is -0.497 e. The van der Waals surface area contributed by atoms with Gasteiger partial charge in [0.25, 0.3) is 5.91 Å². The number of benzene rings is 1. The first-order chi connectivity index (χ1) is 10.8. The number of nitrogens with one attached hydrogen (secondary N) is 1. The molecule has 0 unspecified atom stereocenters. The molecule has 118 valence electrons. The number of carbonyl (C=O) groups excluding carboxylic acids is 1. The van der Waals surface area contributed by atoms with Gasteiger partial charge in [-0.25, -0.2) is 0 Å². The van der Waals surface area contributed by atoms with Crippen LogP contribution in [0.3, 0.4) is 0 Å². The van der Waals surface area contributed by atoms with Gasteiger partial charge in [0, 0.05) is 25.3 Å². The molecule has 22 heavy (non-hydrogen) atoms. The molecular weight excluding hydrogens is 302 g/mol. The van der Waals surface area contributed by atoms with Gasteiger partial charge in [-0.15, -0.1) is 5.10 Å². The summed E-state index contributed by atoms with van der Waals surface area (Å²) in [6, 6.07) is 7.42. The van der Waals surface area contributed by atoms with Crippen molar-refractivity contribution in [1.82, 2.24) is 14.9 Å². The number of aromatic nitrogens is 2. The molecule has 0 aliphatic heterocycles. The van der Waals surface area contributed by atoms with E-state index >= 15 is 0 Å². The van der Waals surface area contributed by atoms with E-state index in [0.29, 0.717) is 36.1 Å². The van der Waals surface area contributed by atoms with Gasteiger partial charge in [0.05, 0.1) is 7.11 Å². The molecule has 0 radical (unpaired) electrons. The highest BCUT2D eigenvalue weighted by molar-refractivity contribution is 7.08. The van der Waals surface area contributed by atoms with E-state index in [1.54, 1.807) is 7.11 Å². The van der Waals surface area contributed by atoms with Crippen LogP contribution in [0.4, 0.5) is 0 Å². The molecule has 1 N–H and O–H groups in total. The maximum absolute atomic E-state index is 12.2. The Morgan fingerprint density at radius 2 is 2.27 bits per heavy atom. The largest absolute Gasteiger partial charge is 0.497 e. The van der Waals surface area contributed by atoms with E-state index in [0.717, 1.165) is 23.5 Å². The normalized spacial score (nSPS) is 10.5. The number of carbonyl (C=O) groups is 1. The van der Waals surface area contributed by atoms with Crippen molar-refractivity contribution in [2.75, 3.05) is 26.9 Å². The molecule has 0 saturated heterocycles. The van der Waals surface area contributed by atoms with Gasteiger partial charge in [-0.1, -0.05) is 16.6 Å². The van der Waals surface area contributed by atoms with Crippen molar-refractivity contribution in [3.8, 4) is 17.0 Å². The van der Waals surface area contributed by atoms with Crippen molar-refractivity contribution in [2.45, 2.75) is 13.3 Å². The second-order valence-corrected chi connectivity index (χ2v) is 5.24. The van der Waals surface area contributed by atoms with Gasteiger partial charge in [-0.05, 0) is 37.0 Å². The summed E-state index contributed by atoms with van der Waals surface area (Å²) in [4.78, 5) is 12.7. The number of ether oxygens (including phenoxy) is 2. The Morgan fingerprint density at radius 3 is 3.05 bits per heavy atom. The highest BCUT2D eigenvalue weighted by Gasteiger charge is 2.17. The van der Waals surface area contributed by atoms with Crippen molar-refractivity contribution in [2.24, 2.45) is 0 Å². The monoisotopic (exact) mass is 321 g/mol. The Morgan fingerprint density at radius 1 is 1.41 bits per heavy atom. The zero-order valence-corrected chi connectivity index (χ0v) is 13.5. The highest BCUT2D eigenvalue weighted by Crippen LogP contribution is 2.26. The number of methoxy groups -OCH3 is 1. The first kappa shape index (κ1) is 16.4. The fourth-order valence-corrected chi connectivity index (χ4v) is 2.50. The smallest absolute Gasteiger partial charge is 0.265 e. The van der Waals surface area contributed by atoms with Crippen LogP contribution in [0.25, 0.3) is 11.3 Å². The predicted molar refractivity (Wildman–Crippen MR) is 85.3 cm³/mol. The van der Waals surface area contributed by atoms with Gasteiger partial charge >= 0.3 is 0 Å². The van der Waals surface area contributed by atoms with Crippen molar-refractivity contribution in [3.05, 3.63) is 29.1 Å². The van der Waals surface area contributed by atoms with Crippen LogP contribution >= 0.6 is 11.5 Å². The zero-order valence-electron chi connectivity index (χ0n) is 12.7. The Kier molecular flexibility index (Phi) is 6.29. The van der Waals surface area contributed by atoms with Crippen molar-refractivity contribution in [1.29, 1.82) is 0 Å². The lowest BCUT2D eigenvalue weighted by molar-refractivity contribution is 0.0948. The molecule has 0 spiro atoms. The maximum atomic E-state index is 12.2. The van der Waals surface area contributed by atoms with Gasteiger partial charge < -0.3 is 14.8 Å². The third-order valence-corrected chi connectivity index (χ3v) is 3.72. The number of rotatable bonds is 8. The first-order valence-corrected chi connectivity index (χ1v) is 7.86. The molecule has 0 aliphatic carbocycles. The van der Waals surface area contributed by atoms with Crippen LogP contribution in [0.1, 0.15) is 23.0 Å². The minimum atomic E-state index is -0.163. The van der Waals surface area contributed by atoms with E-state index in [-0.39, 0.29) is 5.91 Å². The van der Waals surface area contributed by atoms with Crippen molar-refractivity contribution >= 4 is 17.4 Å². The Hall–Kier alpha value is -1.99. The zero-order chi connectivity index (χ0) is 15.8. The third-order valence-electron chi connectivity index (χ3n) is 2.99. The fourth-order valence-electron chi connectivity index (χ4n) is 1.90. The molecule has 1 heterocycles. The summed E-state index contributed by atoms with van der Waals surface area (Å²) in [5, 5.41) is 6.93. The van der Waals surface area contributed by atoms with Crippen LogP contribution in [0, 0.1) is 0 Å². The summed E-state index contributed by atoms with van der Waals surface area (Å²) < 4.78 is 14.3. The van der Waals surface area contributed by atoms with Crippen LogP contribution in [0.2, 0.25) is 0 Å². The summed E-state index contributed by atoms with van der Waals surface area (Å²) in [5.41, 5.74) is 1.39. The fraction of sp³-hybridized carbons (Fsp3) is 0.400. The van der Waals surface area contributed by atoms with E-state index in [9.17, 15) is 4.79 Å². The molecular formula is C15H19N3O3S. The van der Waals surface area contributed by atoms with Gasteiger partial charge in [0.15, 0.2) is 0 Å². The lowest BCUT2D eigenvalue weighted by Crippen LogP contribution is -2.25. The van der Waals surface area contributed by atoms with E-state index in [1.807, 2.05) is 31.2 Å². The lowest BCUT2D eigenvalue weighted by Gasteiger charge is -2.06. The van der Waals surface area contributed by atoms with Gasteiger partial charge in [-0.3, -0.25) is 4.79 Å². The Labute approximate surface area is 133 Å².